The number of nitrogens with zero attached hydrogens (tertiary/aromatic N) is 3. The standard InChI is InChI=1S/C23H26N4O2S.CH2O3/c28-27(29)17-10-6-7-15(13-17)14-24-22-20-18-11-4-5-12-19(18)30-23(20)26-21(25-22)16-8-2-1-3-9-16;2-1(3)4/h6-7,10,13,16H,1-5,8-9,11-12,14H2,(H,24,25,26);(H2,2,3,4). The average Bonchev–Trinajstić information content (AvgIpc) is 3.21. The Morgan fingerprint density at radius 1 is 1.12 bits per heavy atom. The van der Waals surface area contributed by atoms with Gasteiger partial charge in [0.2, 0.25) is 0 Å². The van der Waals surface area contributed by atoms with Gasteiger partial charge in [0.05, 0.1) is 10.3 Å². The van der Waals surface area contributed by atoms with Crippen LogP contribution >= 0.6 is 11.3 Å². The highest BCUT2D eigenvalue weighted by Crippen LogP contribution is 2.40. The molecule has 3 aromatic rings. The van der Waals surface area contributed by atoms with E-state index in [4.69, 9.17) is 25.0 Å². The Morgan fingerprint density at radius 3 is 2.59 bits per heavy atom. The number of non-ortho nitro benzene ring substituents is 1. The van der Waals surface area contributed by atoms with Gasteiger partial charge in [0.25, 0.3) is 5.69 Å². The molecule has 5 rings (SSSR count). The van der Waals surface area contributed by atoms with Crippen LogP contribution in [0.3, 0.4) is 0 Å². The molecule has 2 aliphatic carbocycles. The zero-order chi connectivity index (χ0) is 24.1. The Labute approximate surface area is 201 Å². The van der Waals surface area contributed by atoms with Gasteiger partial charge in [-0.2, -0.15) is 0 Å². The molecule has 0 saturated heterocycles. The number of nitro benzene ring substituents is 1. The van der Waals surface area contributed by atoms with Crippen LogP contribution in [0.2, 0.25) is 0 Å². The van der Waals surface area contributed by atoms with Crippen molar-refractivity contribution in [2.24, 2.45) is 0 Å². The molecule has 1 saturated carbocycles. The zero-order valence-corrected chi connectivity index (χ0v) is 19.6. The summed E-state index contributed by atoms with van der Waals surface area (Å²) in [5, 5.41) is 29.8. The zero-order valence-electron chi connectivity index (χ0n) is 18.8. The minimum absolute atomic E-state index is 0.123. The van der Waals surface area contributed by atoms with Gasteiger partial charge >= 0.3 is 6.16 Å². The van der Waals surface area contributed by atoms with Gasteiger partial charge in [0.15, 0.2) is 0 Å². The fourth-order valence-electron chi connectivity index (χ4n) is 4.81. The van der Waals surface area contributed by atoms with E-state index < -0.39 is 6.16 Å². The first kappa shape index (κ1) is 23.9. The summed E-state index contributed by atoms with van der Waals surface area (Å²) in [6, 6.07) is 6.83. The second-order valence-electron chi connectivity index (χ2n) is 8.72. The van der Waals surface area contributed by atoms with Crippen LogP contribution in [-0.2, 0) is 19.4 Å². The third-order valence-electron chi connectivity index (χ3n) is 6.38. The van der Waals surface area contributed by atoms with E-state index in [0.29, 0.717) is 12.5 Å². The molecule has 180 valence electrons. The first-order valence-electron chi connectivity index (χ1n) is 11.6. The molecule has 10 heteroatoms. The minimum atomic E-state index is -1.83. The van der Waals surface area contributed by atoms with Crippen molar-refractivity contribution >= 4 is 39.2 Å². The molecular formula is C24H28N4O5S. The maximum Gasteiger partial charge on any atom is 0.503 e. The summed E-state index contributed by atoms with van der Waals surface area (Å²) in [6.07, 6.45) is 9.01. The number of aromatic nitrogens is 2. The van der Waals surface area contributed by atoms with Gasteiger partial charge in [-0.05, 0) is 49.7 Å². The van der Waals surface area contributed by atoms with Crippen molar-refractivity contribution in [1.82, 2.24) is 9.97 Å². The molecule has 2 heterocycles. The fourth-order valence-corrected chi connectivity index (χ4v) is 6.08. The second-order valence-corrected chi connectivity index (χ2v) is 9.80. The molecule has 0 aliphatic heterocycles. The monoisotopic (exact) mass is 484 g/mol. The number of carboxylic acid groups (broad SMARTS) is 2. The number of nitrogens with one attached hydrogen (secondary N) is 1. The molecule has 1 aromatic carbocycles. The summed E-state index contributed by atoms with van der Waals surface area (Å²) in [5.74, 6) is 2.33. The van der Waals surface area contributed by atoms with Crippen molar-refractivity contribution in [3.05, 3.63) is 56.2 Å². The predicted molar refractivity (Wildman–Crippen MR) is 131 cm³/mol. The van der Waals surface area contributed by atoms with Crippen LogP contribution < -0.4 is 5.32 Å². The van der Waals surface area contributed by atoms with Crippen LogP contribution in [-0.4, -0.2) is 31.3 Å². The summed E-state index contributed by atoms with van der Waals surface area (Å²) >= 11 is 1.84. The third-order valence-corrected chi connectivity index (χ3v) is 7.57. The highest BCUT2D eigenvalue weighted by atomic mass is 32.1. The van der Waals surface area contributed by atoms with Crippen molar-refractivity contribution in [3.63, 3.8) is 0 Å². The fraction of sp³-hybridized carbons (Fsp3) is 0.458. The smallest absolute Gasteiger partial charge is 0.450 e. The highest BCUT2D eigenvalue weighted by molar-refractivity contribution is 7.19. The van der Waals surface area contributed by atoms with Crippen LogP contribution in [0.5, 0.6) is 0 Å². The minimum Gasteiger partial charge on any atom is -0.450 e. The number of hydrogen-bond acceptors (Lipinski definition) is 7. The van der Waals surface area contributed by atoms with Crippen molar-refractivity contribution in [1.29, 1.82) is 0 Å². The number of benzene rings is 1. The first-order chi connectivity index (χ1) is 16.4. The quantitative estimate of drug-likeness (QED) is 0.281. The highest BCUT2D eigenvalue weighted by Gasteiger charge is 2.24. The molecule has 34 heavy (non-hydrogen) atoms. The lowest BCUT2D eigenvalue weighted by molar-refractivity contribution is -0.384. The number of carbonyl (C=O) groups is 1. The Balaban J connectivity index is 0.000000636. The van der Waals surface area contributed by atoms with E-state index in [1.807, 2.05) is 17.4 Å². The lowest BCUT2D eigenvalue weighted by Crippen LogP contribution is -2.11. The molecule has 3 N–H and O–H groups in total. The predicted octanol–water partition coefficient (Wildman–Crippen LogP) is 6.36. The van der Waals surface area contributed by atoms with E-state index in [9.17, 15) is 10.1 Å². The Kier molecular flexibility index (Phi) is 7.56. The second kappa shape index (κ2) is 10.8. The van der Waals surface area contributed by atoms with Gasteiger partial charge in [-0.25, -0.2) is 14.8 Å². The number of hydrogen-bond donors (Lipinski definition) is 3. The van der Waals surface area contributed by atoms with Crippen LogP contribution in [0.15, 0.2) is 24.3 Å². The lowest BCUT2D eigenvalue weighted by Gasteiger charge is -2.21. The van der Waals surface area contributed by atoms with Gasteiger partial charge in [-0.3, -0.25) is 10.1 Å². The molecule has 0 bridgehead atoms. The van der Waals surface area contributed by atoms with Crippen molar-refractivity contribution < 1.29 is 19.9 Å². The number of thiophene rings is 1. The third kappa shape index (κ3) is 5.61. The topological polar surface area (TPSA) is 138 Å². The number of nitro groups is 1. The molecule has 2 aromatic heterocycles. The van der Waals surface area contributed by atoms with E-state index in [2.05, 4.69) is 5.32 Å². The Morgan fingerprint density at radius 2 is 1.85 bits per heavy atom. The lowest BCUT2D eigenvalue weighted by atomic mass is 9.88. The summed E-state index contributed by atoms with van der Waals surface area (Å²) < 4.78 is 0. The van der Waals surface area contributed by atoms with Gasteiger partial charge in [0, 0.05) is 29.5 Å². The van der Waals surface area contributed by atoms with Crippen molar-refractivity contribution in [2.45, 2.75) is 70.3 Å². The summed E-state index contributed by atoms with van der Waals surface area (Å²) in [6.45, 7) is 0.516. The number of aryl methyl sites for hydroxylation is 2. The molecule has 0 amide bonds. The van der Waals surface area contributed by atoms with Gasteiger partial charge in [-0.15, -0.1) is 11.3 Å². The number of fused-ring (bicyclic) bond motifs is 3. The summed E-state index contributed by atoms with van der Waals surface area (Å²) in [7, 11) is 0. The van der Waals surface area contributed by atoms with Crippen LogP contribution in [0.1, 0.15) is 72.7 Å². The first-order valence-corrected chi connectivity index (χ1v) is 12.5. The van der Waals surface area contributed by atoms with Crippen LogP contribution in [0, 0.1) is 10.1 Å². The van der Waals surface area contributed by atoms with Crippen molar-refractivity contribution in [3.8, 4) is 0 Å². The molecule has 0 unspecified atom stereocenters. The van der Waals surface area contributed by atoms with Gasteiger partial charge in [-0.1, -0.05) is 31.4 Å². The molecular weight excluding hydrogens is 456 g/mol. The van der Waals surface area contributed by atoms with Gasteiger partial charge in [0.1, 0.15) is 16.5 Å². The Hall–Kier alpha value is -3.27. The largest absolute Gasteiger partial charge is 0.503 e. The SMILES string of the molecule is O=C(O)O.O=[N+]([O-])c1cccc(CNc2nc(C3CCCCC3)nc3sc4c(c23)CCCC4)c1. The summed E-state index contributed by atoms with van der Waals surface area (Å²) in [5.41, 5.74) is 2.43. The number of anilines is 1. The van der Waals surface area contributed by atoms with E-state index in [-0.39, 0.29) is 10.6 Å². The average molecular weight is 485 g/mol. The molecule has 0 spiro atoms. The molecule has 0 radical (unpaired) electrons. The maximum atomic E-state index is 11.1. The van der Waals surface area contributed by atoms with Crippen LogP contribution in [0.4, 0.5) is 16.3 Å². The van der Waals surface area contributed by atoms with E-state index in [0.717, 1.165) is 34.9 Å². The number of rotatable bonds is 5. The molecule has 1 fully saturated rings. The van der Waals surface area contributed by atoms with E-state index >= 15 is 0 Å². The van der Waals surface area contributed by atoms with Gasteiger partial charge < -0.3 is 15.5 Å². The Bertz CT molecular complexity index is 1190. The summed E-state index contributed by atoms with van der Waals surface area (Å²) in [4.78, 5) is 32.0. The van der Waals surface area contributed by atoms with E-state index in [1.165, 1.54) is 66.8 Å². The normalized spacial score (nSPS) is 15.8. The molecule has 2 aliphatic rings. The molecule has 0 atom stereocenters. The van der Waals surface area contributed by atoms with Crippen LogP contribution in [0.25, 0.3) is 10.2 Å². The molecule has 9 nitrogen and oxygen atoms in total. The van der Waals surface area contributed by atoms with E-state index in [1.54, 1.807) is 12.1 Å². The van der Waals surface area contributed by atoms with Crippen molar-refractivity contribution in [2.75, 3.05) is 5.32 Å². The maximum absolute atomic E-state index is 11.1.